The molecule has 0 aliphatic heterocycles. The lowest BCUT2D eigenvalue weighted by molar-refractivity contribution is -0.166. The molecule has 4 rings (SSSR count). The van der Waals surface area contributed by atoms with E-state index in [1.54, 1.807) is 0 Å². The summed E-state index contributed by atoms with van der Waals surface area (Å²) < 4.78 is 0. The van der Waals surface area contributed by atoms with Gasteiger partial charge in [-0.1, -0.05) is 12.1 Å². The molecule has 0 radical (unpaired) electrons. The molecule has 0 bridgehead atoms. The minimum atomic E-state index is -2.82. The predicted octanol–water partition coefficient (Wildman–Crippen LogP) is -0.166. The first-order chi connectivity index (χ1) is 14.8. The zero-order valence-corrected chi connectivity index (χ0v) is 17.7. The maximum atomic E-state index is 13.6. The van der Waals surface area contributed by atoms with Crippen LogP contribution in [-0.4, -0.2) is 67.6 Å². The fourth-order valence-corrected chi connectivity index (χ4v) is 5.43. The first kappa shape index (κ1) is 21.8. The van der Waals surface area contributed by atoms with Gasteiger partial charge in [0, 0.05) is 31.5 Å². The molecular formula is C22H24N2O8. The summed E-state index contributed by atoms with van der Waals surface area (Å²) in [7, 11) is 3.00. The standard InChI is InChI=1S/C22H24N2O8/c1-21(31)8-5-4-6-11(25)12(8)16(26)13-9(21)7-10-15(24(2)3)17(27)14(20(23)30)19(29)22(10,32)18(13)28/h4-6,9-10,14,25-27,31-32H,7H2,1-3H3,(H2,23,30)/t9-,10-,14?,21+,22-/m0/s1. The second-order valence-corrected chi connectivity index (χ2v) is 8.91. The molecule has 0 aromatic heterocycles. The molecule has 1 fully saturated rings. The number of nitrogens with two attached hydrogens (primary N) is 1. The van der Waals surface area contributed by atoms with Crippen LogP contribution in [-0.2, 0) is 20.0 Å². The molecule has 1 amide bonds. The van der Waals surface area contributed by atoms with E-state index in [9.17, 15) is 39.9 Å². The molecule has 170 valence electrons. The highest BCUT2D eigenvalue weighted by Gasteiger charge is 2.67. The number of carbonyl (C=O) groups excluding carboxylic acids is 3. The summed E-state index contributed by atoms with van der Waals surface area (Å²) in [5.41, 5.74) is 0.214. The highest BCUT2D eigenvalue weighted by Crippen LogP contribution is 2.57. The van der Waals surface area contributed by atoms with Crippen molar-refractivity contribution in [1.82, 2.24) is 4.90 Å². The fourth-order valence-electron chi connectivity index (χ4n) is 5.43. The van der Waals surface area contributed by atoms with Gasteiger partial charge in [0.25, 0.3) is 0 Å². The first-order valence-electron chi connectivity index (χ1n) is 9.97. The van der Waals surface area contributed by atoms with Crippen molar-refractivity contribution in [2.45, 2.75) is 24.5 Å². The lowest BCUT2D eigenvalue weighted by Crippen LogP contribution is -2.66. The van der Waals surface area contributed by atoms with Gasteiger partial charge in [0.2, 0.25) is 11.7 Å². The number of Topliss-reactive ketones (excluding diaryl/α,β-unsaturated/α-hetero) is 2. The Bertz CT molecular complexity index is 1150. The average molecular weight is 444 g/mol. The van der Waals surface area contributed by atoms with Crippen LogP contribution < -0.4 is 5.73 Å². The van der Waals surface area contributed by atoms with Crippen molar-refractivity contribution in [3.05, 3.63) is 46.4 Å². The van der Waals surface area contributed by atoms with E-state index in [-0.39, 0.29) is 23.2 Å². The molecule has 1 aromatic rings. The Morgan fingerprint density at radius 3 is 2.31 bits per heavy atom. The molecule has 0 heterocycles. The van der Waals surface area contributed by atoms with Gasteiger partial charge in [-0.3, -0.25) is 14.4 Å². The van der Waals surface area contributed by atoms with Crippen molar-refractivity contribution < 1.29 is 39.9 Å². The Labute approximate surface area is 182 Å². The highest BCUT2D eigenvalue weighted by molar-refractivity contribution is 6.25. The molecule has 1 aromatic carbocycles. The van der Waals surface area contributed by atoms with Crippen molar-refractivity contribution in [1.29, 1.82) is 0 Å². The van der Waals surface area contributed by atoms with Crippen molar-refractivity contribution >= 4 is 23.2 Å². The van der Waals surface area contributed by atoms with Gasteiger partial charge >= 0.3 is 0 Å². The highest BCUT2D eigenvalue weighted by atomic mass is 16.3. The quantitative estimate of drug-likeness (QED) is 0.337. The molecule has 1 unspecified atom stereocenters. The number of aromatic hydroxyl groups is 1. The van der Waals surface area contributed by atoms with Crippen molar-refractivity contribution in [2.24, 2.45) is 23.5 Å². The van der Waals surface area contributed by atoms with Crippen LogP contribution in [0.3, 0.4) is 0 Å². The first-order valence-corrected chi connectivity index (χ1v) is 9.97. The van der Waals surface area contributed by atoms with Gasteiger partial charge in [0.1, 0.15) is 17.3 Å². The zero-order valence-electron chi connectivity index (χ0n) is 17.7. The van der Waals surface area contributed by atoms with E-state index in [1.807, 2.05) is 0 Å². The number of primary amides is 1. The van der Waals surface area contributed by atoms with Gasteiger partial charge in [-0.25, -0.2) is 0 Å². The van der Waals surface area contributed by atoms with Crippen LogP contribution in [0.15, 0.2) is 35.2 Å². The largest absolute Gasteiger partial charge is 0.509 e. The van der Waals surface area contributed by atoms with Gasteiger partial charge < -0.3 is 36.2 Å². The molecule has 5 atom stereocenters. The van der Waals surface area contributed by atoms with Crippen LogP contribution in [0.1, 0.15) is 24.5 Å². The Morgan fingerprint density at radius 1 is 1.12 bits per heavy atom. The normalized spacial score (nSPS) is 34.1. The third-order valence-corrected chi connectivity index (χ3v) is 6.94. The van der Waals surface area contributed by atoms with Gasteiger partial charge in [-0.15, -0.1) is 0 Å². The van der Waals surface area contributed by atoms with Crippen LogP contribution in [0.4, 0.5) is 0 Å². The summed E-state index contributed by atoms with van der Waals surface area (Å²) in [5, 5.41) is 54.8. The molecule has 7 N–H and O–H groups in total. The number of aliphatic hydroxyl groups is 4. The maximum Gasteiger partial charge on any atom is 0.235 e. The predicted molar refractivity (Wildman–Crippen MR) is 110 cm³/mol. The van der Waals surface area contributed by atoms with E-state index < -0.39 is 69.3 Å². The van der Waals surface area contributed by atoms with E-state index >= 15 is 0 Å². The van der Waals surface area contributed by atoms with Crippen molar-refractivity contribution in [3.8, 4) is 5.75 Å². The summed E-state index contributed by atoms with van der Waals surface area (Å²) in [6.07, 6.45) is -0.224. The Kier molecular flexibility index (Phi) is 4.48. The number of phenols is 1. The smallest absolute Gasteiger partial charge is 0.235 e. The number of rotatable bonds is 2. The number of hydrogen-bond donors (Lipinski definition) is 6. The molecule has 32 heavy (non-hydrogen) atoms. The summed E-state index contributed by atoms with van der Waals surface area (Å²) in [5.74, 6) is -9.86. The van der Waals surface area contributed by atoms with Gasteiger partial charge in [-0.05, 0) is 25.0 Å². The number of benzene rings is 1. The minimum Gasteiger partial charge on any atom is -0.509 e. The van der Waals surface area contributed by atoms with E-state index in [0.717, 1.165) is 0 Å². The van der Waals surface area contributed by atoms with Crippen molar-refractivity contribution in [3.63, 3.8) is 0 Å². The Hall–Kier alpha value is -3.37. The fraction of sp³-hybridized carbons (Fsp3) is 0.409. The van der Waals surface area contributed by atoms with Crippen LogP contribution in [0.2, 0.25) is 0 Å². The molecule has 10 nitrogen and oxygen atoms in total. The summed E-state index contributed by atoms with van der Waals surface area (Å²) in [6, 6.07) is 4.22. The van der Waals surface area contributed by atoms with E-state index in [4.69, 9.17) is 5.73 Å². The second kappa shape index (κ2) is 6.57. The SMILES string of the molecule is CN(C)C1=C(O)C(C(N)=O)C(=O)[C@@]2(O)C(=O)C3=C(O)c4c(O)cccc4[C@@](C)(O)[C@H]3C[C@@H]12. The summed E-state index contributed by atoms with van der Waals surface area (Å²) in [4.78, 5) is 40.1. The zero-order chi connectivity index (χ0) is 23.9. The summed E-state index contributed by atoms with van der Waals surface area (Å²) in [6.45, 7) is 1.40. The van der Waals surface area contributed by atoms with Crippen LogP contribution >= 0.6 is 0 Å². The Morgan fingerprint density at radius 2 is 1.75 bits per heavy atom. The topological polar surface area (TPSA) is 182 Å². The number of ketones is 2. The number of phenolic OH excluding ortho intramolecular Hbond substituents is 1. The number of hydrogen-bond acceptors (Lipinski definition) is 9. The monoisotopic (exact) mass is 444 g/mol. The van der Waals surface area contributed by atoms with E-state index in [1.165, 1.54) is 44.1 Å². The molecule has 3 aliphatic rings. The third-order valence-electron chi connectivity index (χ3n) is 6.94. The van der Waals surface area contributed by atoms with E-state index in [2.05, 4.69) is 0 Å². The van der Waals surface area contributed by atoms with Crippen LogP contribution in [0, 0.1) is 17.8 Å². The number of nitrogens with zero attached hydrogens (tertiary/aromatic N) is 1. The minimum absolute atomic E-state index is 0.0414. The molecule has 0 saturated heterocycles. The van der Waals surface area contributed by atoms with Gasteiger partial charge in [-0.2, -0.15) is 0 Å². The number of fused-ring (bicyclic) bond motifs is 3. The van der Waals surface area contributed by atoms with Crippen molar-refractivity contribution in [2.75, 3.05) is 14.1 Å². The lowest BCUT2D eigenvalue weighted by Gasteiger charge is -2.52. The second-order valence-electron chi connectivity index (χ2n) is 8.91. The molecule has 1 saturated carbocycles. The maximum absolute atomic E-state index is 13.6. The molecule has 3 aliphatic carbocycles. The number of carbonyl (C=O) groups is 3. The number of aliphatic hydroxyl groups excluding tert-OH is 2. The summed E-state index contributed by atoms with van der Waals surface area (Å²) >= 11 is 0. The van der Waals surface area contributed by atoms with Gasteiger partial charge in [0.05, 0.1) is 16.9 Å². The number of amides is 1. The molecule has 10 heteroatoms. The molecule has 0 spiro atoms. The van der Waals surface area contributed by atoms with Gasteiger partial charge in [0.15, 0.2) is 17.3 Å². The van der Waals surface area contributed by atoms with Crippen LogP contribution in [0.25, 0.3) is 5.76 Å². The lowest BCUT2D eigenvalue weighted by atomic mass is 9.54. The third kappa shape index (κ3) is 2.44. The average Bonchev–Trinajstić information content (AvgIpc) is 2.68. The van der Waals surface area contributed by atoms with Crippen LogP contribution in [0.5, 0.6) is 5.75 Å². The Balaban J connectivity index is 2.04. The molecular weight excluding hydrogens is 420 g/mol. The van der Waals surface area contributed by atoms with E-state index in [0.29, 0.717) is 0 Å².